The van der Waals surface area contributed by atoms with Crippen molar-refractivity contribution in [3.8, 4) is 44.5 Å². The molecular weight excluding hydrogens is 569 g/mol. The Morgan fingerprint density at radius 3 is 1.09 bits per heavy atom. The van der Waals surface area contributed by atoms with Crippen LogP contribution in [-0.4, -0.2) is 0 Å². The Morgan fingerprint density at radius 1 is 0.227 bits per heavy atom. The van der Waals surface area contributed by atoms with Gasteiger partial charge in [-0.25, -0.2) is 0 Å². The third-order valence-corrected chi connectivity index (χ3v) is 11.0. The van der Waals surface area contributed by atoms with E-state index in [0.717, 1.165) is 0 Å². The average Bonchev–Trinajstić information content (AvgIpc) is 3.66. The maximum absolute atomic E-state index is 2.40. The van der Waals surface area contributed by atoms with Gasteiger partial charge < -0.3 is 0 Å². The normalized spacial score (nSPS) is 11.6. The van der Waals surface area contributed by atoms with Gasteiger partial charge in [-0.2, -0.15) is 0 Å². The number of hydrogen-bond donors (Lipinski definition) is 0. The van der Waals surface area contributed by atoms with E-state index in [1.54, 1.807) is 0 Å². The lowest BCUT2D eigenvalue weighted by atomic mass is 9.93. The summed E-state index contributed by atoms with van der Waals surface area (Å²) >= 11 is 3.75. The molecule has 0 saturated carbocycles. The molecule has 44 heavy (non-hydrogen) atoms. The van der Waals surface area contributed by atoms with Gasteiger partial charge in [0, 0.05) is 40.3 Å². The minimum Gasteiger partial charge on any atom is -0.135 e. The zero-order chi connectivity index (χ0) is 29.0. The number of fused-ring (bicyclic) bond motifs is 6. The summed E-state index contributed by atoms with van der Waals surface area (Å²) in [4.78, 5) is 0. The van der Waals surface area contributed by atoms with Gasteiger partial charge in [0.1, 0.15) is 0 Å². The van der Waals surface area contributed by atoms with E-state index < -0.39 is 0 Å². The van der Waals surface area contributed by atoms with Gasteiger partial charge in [-0.1, -0.05) is 97.1 Å². The molecule has 0 atom stereocenters. The molecule has 0 radical (unpaired) electrons. The van der Waals surface area contributed by atoms with Crippen LogP contribution in [0.1, 0.15) is 0 Å². The van der Waals surface area contributed by atoms with E-state index in [1.807, 2.05) is 22.7 Å². The van der Waals surface area contributed by atoms with E-state index in [0.29, 0.717) is 0 Å². The average molecular weight is 595 g/mol. The Bertz CT molecular complexity index is 2420. The first-order valence-electron chi connectivity index (χ1n) is 14.9. The molecule has 0 unspecified atom stereocenters. The maximum atomic E-state index is 2.40. The van der Waals surface area contributed by atoms with E-state index in [2.05, 4.69) is 158 Å². The van der Waals surface area contributed by atoms with Crippen LogP contribution in [0.5, 0.6) is 0 Å². The first-order chi connectivity index (χ1) is 21.8. The Morgan fingerprint density at radius 2 is 0.591 bits per heavy atom. The van der Waals surface area contributed by atoms with Gasteiger partial charge in [-0.05, 0) is 105 Å². The summed E-state index contributed by atoms with van der Waals surface area (Å²) in [5, 5.41) is 5.32. The molecular formula is C42H26S2. The van der Waals surface area contributed by atoms with Crippen LogP contribution in [0.4, 0.5) is 0 Å². The Labute approximate surface area is 264 Å². The minimum atomic E-state index is 1.23. The van der Waals surface area contributed by atoms with Crippen molar-refractivity contribution in [2.24, 2.45) is 0 Å². The quantitative estimate of drug-likeness (QED) is 0.190. The minimum absolute atomic E-state index is 1.23. The molecule has 7 aromatic carbocycles. The van der Waals surface area contributed by atoms with E-state index >= 15 is 0 Å². The fourth-order valence-corrected chi connectivity index (χ4v) is 8.58. The predicted octanol–water partition coefficient (Wildman–Crippen LogP) is 13.1. The number of thiophene rings is 2. The van der Waals surface area contributed by atoms with Crippen LogP contribution in [-0.2, 0) is 0 Å². The fraction of sp³-hybridized carbons (Fsp3) is 0. The zero-order valence-corrected chi connectivity index (χ0v) is 25.5. The Hall–Kier alpha value is -5.02. The molecule has 0 aliphatic rings. The van der Waals surface area contributed by atoms with E-state index in [1.165, 1.54) is 84.9 Å². The summed E-state index contributed by atoms with van der Waals surface area (Å²) in [6, 6.07) is 58.0. The van der Waals surface area contributed by atoms with Crippen LogP contribution >= 0.6 is 22.7 Å². The highest BCUT2D eigenvalue weighted by molar-refractivity contribution is 7.26. The van der Waals surface area contributed by atoms with Gasteiger partial charge >= 0.3 is 0 Å². The van der Waals surface area contributed by atoms with Gasteiger partial charge in [0.2, 0.25) is 0 Å². The van der Waals surface area contributed by atoms with Crippen LogP contribution in [0, 0.1) is 0 Å². The molecule has 0 saturated heterocycles. The molecule has 2 heterocycles. The van der Waals surface area contributed by atoms with Gasteiger partial charge in [0.15, 0.2) is 0 Å². The number of hydrogen-bond acceptors (Lipinski definition) is 2. The molecule has 0 N–H and O–H groups in total. The van der Waals surface area contributed by atoms with E-state index in [4.69, 9.17) is 0 Å². The standard InChI is InChI=1S/C42H26S2/c1-3-9-27(10-4-1)32-21-33(28-11-5-2-6-12-28)23-34(22-32)31-17-20-42-38(26-31)37-25-30(16-19-41(37)44-42)29-15-18-40-36(24-29)35-13-7-8-14-39(35)43-40/h1-26H. The molecule has 0 amide bonds. The summed E-state index contributed by atoms with van der Waals surface area (Å²) in [6.07, 6.45) is 0. The van der Waals surface area contributed by atoms with Crippen molar-refractivity contribution in [2.45, 2.75) is 0 Å². The van der Waals surface area contributed by atoms with Crippen molar-refractivity contribution in [1.29, 1.82) is 0 Å². The van der Waals surface area contributed by atoms with Crippen LogP contribution in [0.25, 0.3) is 84.9 Å². The lowest BCUT2D eigenvalue weighted by Crippen LogP contribution is -1.86. The van der Waals surface area contributed by atoms with Crippen molar-refractivity contribution in [3.05, 3.63) is 158 Å². The molecule has 0 spiro atoms. The third-order valence-electron chi connectivity index (χ3n) is 8.66. The molecule has 0 fully saturated rings. The second kappa shape index (κ2) is 10.3. The highest BCUT2D eigenvalue weighted by Crippen LogP contribution is 2.41. The highest BCUT2D eigenvalue weighted by atomic mass is 32.1. The molecule has 9 aromatic rings. The smallest absolute Gasteiger partial charge is 0.0355 e. The van der Waals surface area contributed by atoms with Crippen LogP contribution < -0.4 is 0 Å². The number of rotatable bonds is 4. The summed E-state index contributed by atoms with van der Waals surface area (Å²) < 4.78 is 5.33. The summed E-state index contributed by atoms with van der Waals surface area (Å²) in [7, 11) is 0. The summed E-state index contributed by atoms with van der Waals surface area (Å²) in [5.41, 5.74) is 9.92. The van der Waals surface area contributed by atoms with E-state index in [-0.39, 0.29) is 0 Å². The summed E-state index contributed by atoms with van der Waals surface area (Å²) in [6.45, 7) is 0. The third kappa shape index (κ3) is 4.34. The highest BCUT2D eigenvalue weighted by Gasteiger charge is 2.13. The first-order valence-corrected chi connectivity index (χ1v) is 16.5. The van der Waals surface area contributed by atoms with Crippen LogP contribution in [0.3, 0.4) is 0 Å². The lowest BCUT2D eigenvalue weighted by molar-refractivity contribution is 1.57. The molecule has 206 valence electrons. The molecule has 0 aliphatic carbocycles. The second-order valence-corrected chi connectivity index (χ2v) is 13.5. The first kappa shape index (κ1) is 25.5. The van der Waals surface area contributed by atoms with Crippen molar-refractivity contribution in [1.82, 2.24) is 0 Å². The molecule has 0 nitrogen and oxygen atoms in total. The van der Waals surface area contributed by atoms with E-state index in [9.17, 15) is 0 Å². The number of benzene rings is 7. The van der Waals surface area contributed by atoms with Crippen molar-refractivity contribution in [2.75, 3.05) is 0 Å². The molecule has 0 bridgehead atoms. The SMILES string of the molecule is c1ccc(-c2cc(-c3ccccc3)cc(-c3ccc4sc5ccc(-c6ccc7sc8ccccc8c7c6)cc5c4c3)c2)cc1. The van der Waals surface area contributed by atoms with Crippen molar-refractivity contribution in [3.63, 3.8) is 0 Å². The van der Waals surface area contributed by atoms with Crippen LogP contribution in [0.2, 0.25) is 0 Å². The van der Waals surface area contributed by atoms with Gasteiger partial charge in [0.05, 0.1) is 0 Å². The topological polar surface area (TPSA) is 0 Å². The Balaban J connectivity index is 1.19. The lowest BCUT2D eigenvalue weighted by Gasteiger charge is -2.11. The van der Waals surface area contributed by atoms with Gasteiger partial charge in [-0.15, -0.1) is 22.7 Å². The Kier molecular flexibility index (Phi) is 5.97. The van der Waals surface area contributed by atoms with Crippen molar-refractivity contribution >= 4 is 63.0 Å². The molecule has 2 aromatic heterocycles. The zero-order valence-electron chi connectivity index (χ0n) is 23.8. The molecule has 9 rings (SSSR count). The second-order valence-electron chi connectivity index (χ2n) is 11.4. The monoisotopic (exact) mass is 594 g/mol. The predicted molar refractivity (Wildman–Crippen MR) is 194 cm³/mol. The largest absolute Gasteiger partial charge is 0.135 e. The molecule has 2 heteroatoms. The molecule has 0 aliphatic heterocycles. The van der Waals surface area contributed by atoms with Crippen LogP contribution in [0.15, 0.2) is 158 Å². The van der Waals surface area contributed by atoms with Crippen molar-refractivity contribution < 1.29 is 0 Å². The van der Waals surface area contributed by atoms with Gasteiger partial charge in [0.25, 0.3) is 0 Å². The van der Waals surface area contributed by atoms with Gasteiger partial charge in [-0.3, -0.25) is 0 Å². The fourth-order valence-electron chi connectivity index (χ4n) is 6.43. The maximum Gasteiger partial charge on any atom is 0.0355 e. The summed E-state index contributed by atoms with van der Waals surface area (Å²) in [5.74, 6) is 0.